The topological polar surface area (TPSA) is 62.7 Å². The predicted molar refractivity (Wildman–Crippen MR) is 65.5 cm³/mol. The highest BCUT2D eigenvalue weighted by molar-refractivity contribution is 5.93. The van der Waals surface area contributed by atoms with Crippen molar-refractivity contribution in [3.63, 3.8) is 0 Å². The van der Waals surface area contributed by atoms with E-state index in [0.717, 1.165) is 12.3 Å². The van der Waals surface area contributed by atoms with Crippen LogP contribution in [0.2, 0.25) is 0 Å². The second-order valence-electron chi connectivity index (χ2n) is 3.92. The van der Waals surface area contributed by atoms with Crippen LogP contribution in [-0.2, 0) is 4.74 Å². The summed E-state index contributed by atoms with van der Waals surface area (Å²) in [7, 11) is 1.57. The number of rotatable bonds is 6. The van der Waals surface area contributed by atoms with Crippen molar-refractivity contribution in [1.29, 1.82) is 0 Å². The normalized spacial score (nSPS) is 12.2. The number of aromatic nitrogens is 1. The highest BCUT2D eigenvalue weighted by Crippen LogP contribution is 2.20. The van der Waals surface area contributed by atoms with E-state index >= 15 is 0 Å². The minimum absolute atomic E-state index is 0.0453. The third kappa shape index (κ3) is 3.16. The van der Waals surface area contributed by atoms with E-state index in [2.05, 4.69) is 4.98 Å². The zero-order valence-corrected chi connectivity index (χ0v) is 10.7. The first-order valence-electron chi connectivity index (χ1n) is 5.65. The molecule has 1 heterocycles. The maximum Gasteiger partial charge on any atom is 0.339 e. The molecule has 0 fully saturated rings. The van der Waals surface area contributed by atoms with Crippen LogP contribution in [0.1, 0.15) is 24.2 Å². The van der Waals surface area contributed by atoms with Crippen LogP contribution in [0.4, 0.5) is 10.2 Å². The zero-order valence-electron chi connectivity index (χ0n) is 10.7. The number of pyridine rings is 1. The SMILES string of the molecule is CCN(c1ncc(F)cc1C(=O)O)C(C)COC. The molecule has 0 aromatic carbocycles. The van der Waals surface area contributed by atoms with Gasteiger partial charge in [-0.2, -0.15) is 0 Å². The summed E-state index contributed by atoms with van der Waals surface area (Å²) >= 11 is 0. The van der Waals surface area contributed by atoms with Gasteiger partial charge in [0.2, 0.25) is 0 Å². The van der Waals surface area contributed by atoms with Crippen LogP contribution < -0.4 is 4.90 Å². The summed E-state index contributed by atoms with van der Waals surface area (Å²) in [5.41, 5.74) is -0.139. The molecule has 0 radical (unpaired) electrons. The first-order chi connectivity index (χ1) is 8.51. The van der Waals surface area contributed by atoms with Crippen LogP contribution in [0, 0.1) is 5.82 Å². The number of hydrogen-bond acceptors (Lipinski definition) is 4. The number of halogens is 1. The Morgan fingerprint density at radius 2 is 2.33 bits per heavy atom. The molecule has 1 aromatic heterocycles. The van der Waals surface area contributed by atoms with Gasteiger partial charge in [0.1, 0.15) is 17.2 Å². The molecule has 0 amide bonds. The van der Waals surface area contributed by atoms with Crippen molar-refractivity contribution >= 4 is 11.8 Å². The number of aromatic carboxylic acids is 1. The van der Waals surface area contributed by atoms with E-state index in [9.17, 15) is 9.18 Å². The van der Waals surface area contributed by atoms with Crippen molar-refractivity contribution in [1.82, 2.24) is 4.98 Å². The Balaban J connectivity index is 3.16. The average Bonchev–Trinajstić information content (AvgIpc) is 2.32. The number of carbonyl (C=O) groups is 1. The number of carboxylic acids is 1. The van der Waals surface area contributed by atoms with E-state index in [4.69, 9.17) is 9.84 Å². The molecule has 6 heteroatoms. The molecule has 0 aliphatic rings. The molecular formula is C12H17FN2O3. The van der Waals surface area contributed by atoms with Gasteiger partial charge in [0.05, 0.1) is 18.8 Å². The molecule has 5 nitrogen and oxygen atoms in total. The molecule has 18 heavy (non-hydrogen) atoms. The molecule has 1 rings (SSSR count). The summed E-state index contributed by atoms with van der Waals surface area (Å²) in [5, 5.41) is 9.08. The molecule has 0 aliphatic carbocycles. The molecule has 0 bridgehead atoms. The second-order valence-corrected chi connectivity index (χ2v) is 3.92. The van der Waals surface area contributed by atoms with Crippen molar-refractivity contribution in [3.8, 4) is 0 Å². The molecule has 0 saturated carbocycles. The van der Waals surface area contributed by atoms with Gasteiger partial charge in [-0.1, -0.05) is 0 Å². The Labute approximate surface area is 105 Å². The predicted octanol–water partition coefficient (Wildman–Crippen LogP) is 1.78. The highest BCUT2D eigenvalue weighted by Gasteiger charge is 2.21. The molecule has 1 atom stereocenters. The minimum atomic E-state index is -1.19. The van der Waals surface area contributed by atoms with Crippen molar-refractivity contribution in [2.75, 3.05) is 25.2 Å². The number of carboxylic acid groups (broad SMARTS) is 1. The summed E-state index contributed by atoms with van der Waals surface area (Å²) in [5.74, 6) is -1.59. The van der Waals surface area contributed by atoms with Gasteiger partial charge in [-0.3, -0.25) is 0 Å². The van der Waals surface area contributed by atoms with Crippen LogP contribution in [0.25, 0.3) is 0 Å². The maximum atomic E-state index is 13.1. The van der Waals surface area contributed by atoms with Crippen molar-refractivity contribution < 1.29 is 19.0 Å². The number of nitrogens with zero attached hydrogens (tertiary/aromatic N) is 2. The standard InChI is InChI=1S/C12H17FN2O3/c1-4-15(8(2)7-18-3)11-10(12(16)17)5-9(13)6-14-11/h5-6,8H,4,7H2,1-3H3,(H,16,17). The summed E-state index contributed by atoms with van der Waals surface area (Å²) in [4.78, 5) is 16.8. The smallest absolute Gasteiger partial charge is 0.339 e. The molecule has 1 unspecified atom stereocenters. The fourth-order valence-corrected chi connectivity index (χ4v) is 1.82. The Morgan fingerprint density at radius 1 is 1.67 bits per heavy atom. The van der Waals surface area contributed by atoms with E-state index < -0.39 is 11.8 Å². The summed E-state index contributed by atoms with van der Waals surface area (Å²) in [6.45, 7) is 4.77. The minimum Gasteiger partial charge on any atom is -0.478 e. The van der Waals surface area contributed by atoms with Crippen LogP contribution in [0.5, 0.6) is 0 Å². The molecule has 0 aliphatic heterocycles. The fraction of sp³-hybridized carbons (Fsp3) is 0.500. The van der Waals surface area contributed by atoms with Gasteiger partial charge in [-0.15, -0.1) is 0 Å². The number of methoxy groups -OCH3 is 1. The van der Waals surface area contributed by atoms with E-state index in [1.165, 1.54) is 0 Å². The van der Waals surface area contributed by atoms with Crippen LogP contribution in [-0.4, -0.2) is 42.4 Å². The van der Waals surface area contributed by atoms with Crippen LogP contribution in [0.3, 0.4) is 0 Å². The first kappa shape index (κ1) is 14.4. The van der Waals surface area contributed by atoms with Gasteiger partial charge in [0.15, 0.2) is 0 Å². The van der Waals surface area contributed by atoms with Gasteiger partial charge < -0.3 is 14.7 Å². The Hall–Kier alpha value is -1.69. The Bertz CT molecular complexity index is 426. The first-order valence-corrected chi connectivity index (χ1v) is 5.65. The number of likely N-dealkylation sites (N-methyl/N-ethyl adjacent to an activating group) is 1. The molecule has 0 saturated heterocycles. The fourth-order valence-electron chi connectivity index (χ4n) is 1.82. The van der Waals surface area contributed by atoms with Gasteiger partial charge >= 0.3 is 5.97 Å². The van der Waals surface area contributed by atoms with E-state index in [1.54, 1.807) is 12.0 Å². The van der Waals surface area contributed by atoms with Gasteiger partial charge in [0, 0.05) is 13.7 Å². The van der Waals surface area contributed by atoms with E-state index in [1.807, 2.05) is 13.8 Å². The maximum absolute atomic E-state index is 13.1. The summed E-state index contributed by atoms with van der Waals surface area (Å²) < 4.78 is 18.1. The van der Waals surface area contributed by atoms with Gasteiger partial charge in [-0.05, 0) is 19.9 Å². The number of ether oxygens (including phenoxy) is 1. The highest BCUT2D eigenvalue weighted by atomic mass is 19.1. The van der Waals surface area contributed by atoms with Gasteiger partial charge in [0.25, 0.3) is 0 Å². The van der Waals surface area contributed by atoms with E-state index in [-0.39, 0.29) is 17.4 Å². The quantitative estimate of drug-likeness (QED) is 0.840. The van der Waals surface area contributed by atoms with Crippen molar-refractivity contribution in [3.05, 3.63) is 23.6 Å². The molecule has 1 aromatic rings. The monoisotopic (exact) mass is 256 g/mol. The van der Waals surface area contributed by atoms with E-state index in [0.29, 0.717) is 13.2 Å². The third-order valence-electron chi connectivity index (χ3n) is 2.62. The van der Waals surface area contributed by atoms with Crippen molar-refractivity contribution in [2.45, 2.75) is 19.9 Å². The summed E-state index contributed by atoms with van der Waals surface area (Å²) in [6.07, 6.45) is 1.02. The molecule has 1 N–H and O–H groups in total. The van der Waals surface area contributed by atoms with Crippen LogP contribution in [0.15, 0.2) is 12.3 Å². The molecule has 0 spiro atoms. The lowest BCUT2D eigenvalue weighted by Crippen LogP contribution is -2.37. The molecular weight excluding hydrogens is 239 g/mol. The molecule has 100 valence electrons. The lowest BCUT2D eigenvalue weighted by atomic mass is 10.2. The lowest BCUT2D eigenvalue weighted by molar-refractivity contribution is 0.0696. The Morgan fingerprint density at radius 3 is 2.83 bits per heavy atom. The van der Waals surface area contributed by atoms with Crippen LogP contribution >= 0.6 is 0 Å². The zero-order chi connectivity index (χ0) is 13.7. The van der Waals surface area contributed by atoms with Gasteiger partial charge in [-0.25, -0.2) is 14.2 Å². The largest absolute Gasteiger partial charge is 0.478 e. The Kier molecular flexibility index (Phi) is 5.03. The number of hydrogen-bond donors (Lipinski definition) is 1. The number of anilines is 1. The van der Waals surface area contributed by atoms with Crippen molar-refractivity contribution in [2.24, 2.45) is 0 Å². The third-order valence-corrected chi connectivity index (χ3v) is 2.62. The average molecular weight is 256 g/mol. The summed E-state index contributed by atoms with van der Waals surface area (Å²) in [6, 6.07) is 0.934. The second kappa shape index (κ2) is 6.30. The lowest BCUT2D eigenvalue weighted by Gasteiger charge is -2.29.